The number of nitrogens with zero attached hydrogens (tertiary/aromatic N) is 2. The standard InChI is InChI=1S/C14H15ClN2/c1-8-5-9(2)7-12(6-8)13-10(3)11(4)14(15)17-16-13/h5-7H,1-4H3. The fourth-order valence-electron chi connectivity index (χ4n) is 1.96. The normalized spacial score (nSPS) is 10.6. The molecule has 1 heterocycles. The second-order valence-electron chi connectivity index (χ2n) is 4.47. The lowest BCUT2D eigenvalue weighted by Crippen LogP contribution is -1.97. The molecule has 2 aromatic rings. The first kappa shape index (κ1) is 12.1. The predicted molar refractivity (Wildman–Crippen MR) is 71.4 cm³/mol. The molecule has 0 fully saturated rings. The molecule has 0 spiro atoms. The summed E-state index contributed by atoms with van der Waals surface area (Å²) in [6.07, 6.45) is 0. The van der Waals surface area contributed by atoms with E-state index in [1.807, 2.05) is 13.8 Å². The quantitative estimate of drug-likeness (QED) is 0.759. The minimum atomic E-state index is 0.482. The third-order valence-corrected chi connectivity index (χ3v) is 3.32. The van der Waals surface area contributed by atoms with Crippen LogP contribution in [-0.4, -0.2) is 10.2 Å². The third kappa shape index (κ3) is 2.32. The van der Waals surface area contributed by atoms with E-state index in [-0.39, 0.29) is 0 Å². The van der Waals surface area contributed by atoms with E-state index in [4.69, 9.17) is 11.6 Å². The number of hydrogen-bond acceptors (Lipinski definition) is 2. The molecule has 2 rings (SSSR count). The molecular formula is C14H15ClN2. The molecule has 0 radical (unpaired) electrons. The number of rotatable bonds is 1. The average molecular weight is 247 g/mol. The fourth-order valence-corrected chi connectivity index (χ4v) is 2.14. The van der Waals surface area contributed by atoms with Gasteiger partial charge in [0.2, 0.25) is 0 Å². The third-order valence-electron chi connectivity index (χ3n) is 2.96. The predicted octanol–water partition coefficient (Wildman–Crippen LogP) is 4.03. The number of benzene rings is 1. The molecule has 0 atom stereocenters. The van der Waals surface area contributed by atoms with Gasteiger partial charge in [-0.25, -0.2) is 0 Å². The van der Waals surface area contributed by atoms with E-state index in [1.54, 1.807) is 0 Å². The molecule has 1 aromatic carbocycles. The van der Waals surface area contributed by atoms with Crippen molar-refractivity contribution in [1.29, 1.82) is 0 Å². The Morgan fingerprint density at radius 2 is 1.41 bits per heavy atom. The van der Waals surface area contributed by atoms with Crippen LogP contribution >= 0.6 is 11.6 Å². The highest BCUT2D eigenvalue weighted by Gasteiger charge is 2.10. The Morgan fingerprint density at radius 3 is 2.00 bits per heavy atom. The summed E-state index contributed by atoms with van der Waals surface area (Å²) in [7, 11) is 0. The Morgan fingerprint density at radius 1 is 0.824 bits per heavy atom. The van der Waals surface area contributed by atoms with Crippen molar-refractivity contribution < 1.29 is 0 Å². The van der Waals surface area contributed by atoms with Gasteiger partial charge in [0.25, 0.3) is 0 Å². The molecule has 0 aliphatic carbocycles. The highest BCUT2D eigenvalue weighted by Crippen LogP contribution is 2.27. The van der Waals surface area contributed by atoms with Crippen molar-refractivity contribution in [2.45, 2.75) is 27.7 Å². The highest BCUT2D eigenvalue weighted by atomic mass is 35.5. The van der Waals surface area contributed by atoms with Crippen molar-refractivity contribution in [3.05, 3.63) is 45.6 Å². The Balaban J connectivity index is 2.64. The average Bonchev–Trinajstić information content (AvgIpc) is 2.24. The van der Waals surface area contributed by atoms with Gasteiger partial charge in [-0.3, -0.25) is 0 Å². The van der Waals surface area contributed by atoms with Gasteiger partial charge < -0.3 is 0 Å². The SMILES string of the molecule is Cc1cc(C)cc(-c2nnc(Cl)c(C)c2C)c1. The lowest BCUT2D eigenvalue weighted by Gasteiger charge is -2.09. The maximum atomic E-state index is 5.96. The first-order valence-corrected chi connectivity index (χ1v) is 5.95. The minimum Gasteiger partial charge on any atom is -0.149 e. The van der Waals surface area contributed by atoms with Crippen LogP contribution in [0.5, 0.6) is 0 Å². The van der Waals surface area contributed by atoms with Gasteiger partial charge in [-0.05, 0) is 51.0 Å². The largest absolute Gasteiger partial charge is 0.154 e. The van der Waals surface area contributed by atoms with Crippen LogP contribution in [0.3, 0.4) is 0 Å². The van der Waals surface area contributed by atoms with Gasteiger partial charge in [0, 0.05) is 5.56 Å². The second kappa shape index (κ2) is 4.46. The van der Waals surface area contributed by atoms with Gasteiger partial charge in [-0.15, -0.1) is 10.2 Å². The molecule has 2 nitrogen and oxygen atoms in total. The van der Waals surface area contributed by atoms with Gasteiger partial charge in [-0.2, -0.15) is 0 Å². The van der Waals surface area contributed by atoms with Crippen molar-refractivity contribution in [3.63, 3.8) is 0 Å². The van der Waals surface area contributed by atoms with Crippen LogP contribution in [-0.2, 0) is 0 Å². The van der Waals surface area contributed by atoms with E-state index in [1.165, 1.54) is 11.1 Å². The van der Waals surface area contributed by atoms with Crippen LogP contribution in [0.15, 0.2) is 18.2 Å². The molecule has 88 valence electrons. The molecule has 0 aliphatic heterocycles. The van der Waals surface area contributed by atoms with Crippen molar-refractivity contribution in [3.8, 4) is 11.3 Å². The molecule has 0 saturated carbocycles. The summed E-state index contributed by atoms with van der Waals surface area (Å²) in [4.78, 5) is 0. The van der Waals surface area contributed by atoms with E-state index in [9.17, 15) is 0 Å². The molecule has 0 unspecified atom stereocenters. The Hall–Kier alpha value is -1.41. The molecular weight excluding hydrogens is 232 g/mol. The maximum Gasteiger partial charge on any atom is 0.154 e. The molecule has 17 heavy (non-hydrogen) atoms. The van der Waals surface area contributed by atoms with Gasteiger partial charge in [0.1, 0.15) is 0 Å². The Labute approximate surface area is 107 Å². The summed E-state index contributed by atoms with van der Waals surface area (Å²) in [5.41, 5.74) is 6.57. The van der Waals surface area contributed by atoms with Crippen LogP contribution in [0.1, 0.15) is 22.3 Å². The Bertz CT molecular complexity index is 556. The molecule has 0 amide bonds. The maximum absolute atomic E-state index is 5.96. The van der Waals surface area contributed by atoms with Crippen molar-refractivity contribution >= 4 is 11.6 Å². The second-order valence-corrected chi connectivity index (χ2v) is 4.82. The molecule has 1 aromatic heterocycles. The molecule has 0 saturated heterocycles. The fraction of sp³-hybridized carbons (Fsp3) is 0.286. The van der Waals surface area contributed by atoms with Crippen molar-refractivity contribution in [2.75, 3.05) is 0 Å². The van der Waals surface area contributed by atoms with Crippen molar-refractivity contribution in [1.82, 2.24) is 10.2 Å². The van der Waals surface area contributed by atoms with Crippen LogP contribution in [0.2, 0.25) is 5.15 Å². The summed E-state index contributed by atoms with van der Waals surface area (Å²) < 4.78 is 0. The lowest BCUT2D eigenvalue weighted by atomic mass is 10.0. The van der Waals surface area contributed by atoms with Crippen molar-refractivity contribution in [2.24, 2.45) is 0 Å². The monoisotopic (exact) mass is 246 g/mol. The zero-order valence-corrected chi connectivity index (χ0v) is 11.3. The summed E-state index contributed by atoms with van der Waals surface area (Å²) in [5, 5.41) is 8.68. The van der Waals surface area contributed by atoms with Crippen LogP contribution in [0.25, 0.3) is 11.3 Å². The summed E-state index contributed by atoms with van der Waals surface area (Å²) >= 11 is 5.96. The number of hydrogen-bond donors (Lipinski definition) is 0. The molecule has 0 aliphatic rings. The van der Waals surface area contributed by atoms with E-state index < -0.39 is 0 Å². The minimum absolute atomic E-state index is 0.482. The van der Waals surface area contributed by atoms with Gasteiger partial charge >= 0.3 is 0 Å². The lowest BCUT2D eigenvalue weighted by molar-refractivity contribution is 1.00. The number of aryl methyl sites for hydroxylation is 2. The van der Waals surface area contributed by atoms with E-state index in [0.717, 1.165) is 22.4 Å². The summed E-state index contributed by atoms with van der Waals surface area (Å²) in [5.74, 6) is 0. The van der Waals surface area contributed by atoms with Gasteiger partial charge in [0.15, 0.2) is 5.15 Å². The molecule has 0 N–H and O–H groups in total. The molecule has 0 bridgehead atoms. The Kier molecular flexibility index (Phi) is 3.16. The highest BCUT2D eigenvalue weighted by molar-refractivity contribution is 6.30. The van der Waals surface area contributed by atoms with E-state index >= 15 is 0 Å². The van der Waals surface area contributed by atoms with Gasteiger partial charge in [-0.1, -0.05) is 28.8 Å². The zero-order chi connectivity index (χ0) is 12.6. The topological polar surface area (TPSA) is 25.8 Å². The van der Waals surface area contributed by atoms with Crippen LogP contribution in [0.4, 0.5) is 0 Å². The van der Waals surface area contributed by atoms with E-state index in [0.29, 0.717) is 5.15 Å². The van der Waals surface area contributed by atoms with Crippen LogP contribution in [0, 0.1) is 27.7 Å². The summed E-state index contributed by atoms with van der Waals surface area (Å²) in [6, 6.07) is 6.39. The first-order chi connectivity index (χ1) is 7.99. The zero-order valence-electron chi connectivity index (χ0n) is 10.5. The summed E-state index contributed by atoms with van der Waals surface area (Å²) in [6.45, 7) is 8.17. The number of aromatic nitrogens is 2. The van der Waals surface area contributed by atoms with Crippen LogP contribution < -0.4 is 0 Å². The smallest absolute Gasteiger partial charge is 0.149 e. The van der Waals surface area contributed by atoms with Gasteiger partial charge in [0.05, 0.1) is 5.69 Å². The van der Waals surface area contributed by atoms with E-state index in [2.05, 4.69) is 42.2 Å². The first-order valence-electron chi connectivity index (χ1n) is 5.57. The number of halogens is 1. The molecule has 3 heteroatoms.